The van der Waals surface area contributed by atoms with Crippen LogP contribution in [0.1, 0.15) is 49.9 Å². The van der Waals surface area contributed by atoms with Crippen molar-refractivity contribution in [3.63, 3.8) is 0 Å². The first kappa shape index (κ1) is 26.5. The molecule has 0 bridgehead atoms. The van der Waals surface area contributed by atoms with Gasteiger partial charge in [0.25, 0.3) is 0 Å². The Kier molecular flexibility index (Phi) is 5.86. The molecule has 0 radical (unpaired) electrons. The van der Waals surface area contributed by atoms with Crippen molar-refractivity contribution < 1.29 is 0 Å². The third kappa shape index (κ3) is 3.87. The van der Waals surface area contributed by atoms with Gasteiger partial charge in [0.2, 0.25) is 0 Å². The van der Waals surface area contributed by atoms with Crippen LogP contribution in [0.2, 0.25) is 0 Å². The van der Waals surface area contributed by atoms with E-state index in [4.69, 9.17) is 0 Å². The van der Waals surface area contributed by atoms with E-state index < -0.39 is 0 Å². The maximum Gasteiger partial charge on any atom is 0.0502 e. The van der Waals surface area contributed by atoms with E-state index in [1.165, 1.54) is 67.5 Å². The number of para-hydroxylation sites is 4. The van der Waals surface area contributed by atoms with Crippen LogP contribution in [0.25, 0.3) is 11.1 Å². The average Bonchev–Trinajstić information content (AvgIpc) is 3.06. The molecule has 0 saturated carbocycles. The molecule has 0 N–H and O–H groups in total. The molecule has 0 atom stereocenters. The molecule has 2 heterocycles. The maximum atomic E-state index is 2.43. The molecule has 2 aliphatic rings. The Labute approximate surface area is 260 Å². The van der Waals surface area contributed by atoms with Crippen LogP contribution in [0.4, 0.5) is 34.1 Å². The fraction of sp³-hybridized carbons (Fsp3) is 0.143. The summed E-state index contributed by atoms with van der Waals surface area (Å²) in [5, 5.41) is 0. The Hall–Kier alpha value is -5.08. The van der Waals surface area contributed by atoms with Crippen LogP contribution in [-0.2, 0) is 10.8 Å². The van der Waals surface area contributed by atoms with E-state index in [2.05, 4.69) is 183 Å². The molecule has 8 rings (SSSR count). The third-order valence-electron chi connectivity index (χ3n) is 9.82. The normalized spacial score (nSPS) is 15.5. The Bertz CT molecular complexity index is 1800. The van der Waals surface area contributed by atoms with Crippen LogP contribution in [0.3, 0.4) is 0 Å². The number of hydrogen-bond donors (Lipinski definition) is 0. The third-order valence-corrected chi connectivity index (χ3v) is 9.82. The Balaban J connectivity index is 1.26. The van der Waals surface area contributed by atoms with Gasteiger partial charge in [-0.05, 0) is 81.9 Å². The molecule has 0 aromatic heterocycles. The number of rotatable bonds is 3. The molecule has 6 aromatic carbocycles. The van der Waals surface area contributed by atoms with Gasteiger partial charge in [0.1, 0.15) is 0 Å². The summed E-state index contributed by atoms with van der Waals surface area (Å²) < 4.78 is 0. The van der Waals surface area contributed by atoms with Gasteiger partial charge in [-0.25, -0.2) is 0 Å². The van der Waals surface area contributed by atoms with E-state index in [9.17, 15) is 0 Å². The second kappa shape index (κ2) is 9.72. The Morgan fingerprint density at radius 2 is 0.636 bits per heavy atom. The highest BCUT2D eigenvalue weighted by molar-refractivity contribution is 5.89. The van der Waals surface area contributed by atoms with Crippen molar-refractivity contribution in [2.45, 2.75) is 38.5 Å². The summed E-state index contributed by atoms with van der Waals surface area (Å²) in [7, 11) is 0. The predicted octanol–water partition coefficient (Wildman–Crippen LogP) is 11.6. The van der Waals surface area contributed by atoms with Gasteiger partial charge in [-0.2, -0.15) is 0 Å². The minimum atomic E-state index is -0.0782. The van der Waals surface area contributed by atoms with Crippen molar-refractivity contribution in [1.82, 2.24) is 0 Å². The van der Waals surface area contributed by atoms with E-state index in [-0.39, 0.29) is 10.8 Å². The second-order valence-corrected chi connectivity index (χ2v) is 13.1. The fourth-order valence-corrected chi connectivity index (χ4v) is 7.54. The SMILES string of the molecule is CC1(C)c2ccccc2N(c2cccc(-c3cccc(N4c5ccccc5C(C)(C)c5ccccc54)c3)c2)c2ccccc21. The molecule has 44 heavy (non-hydrogen) atoms. The van der Waals surface area contributed by atoms with Crippen LogP contribution in [0, 0.1) is 0 Å². The zero-order valence-electron chi connectivity index (χ0n) is 25.8. The molecule has 0 unspecified atom stereocenters. The van der Waals surface area contributed by atoms with Gasteiger partial charge in [-0.15, -0.1) is 0 Å². The molecule has 2 aliphatic heterocycles. The fourth-order valence-electron chi connectivity index (χ4n) is 7.54. The van der Waals surface area contributed by atoms with Gasteiger partial charge in [-0.1, -0.05) is 125 Å². The van der Waals surface area contributed by atoms with Gasteiger partial charge in [0.05, 0.1) is 22.7 Å². The van der Waals surface area contributed by atoms with Crippen molar-refractivity contribution in [2.24, 2.45) is 0 Å². The maximum absolute atomic E-state index is 2.43. The van der Waals surface area contributed by atoms with Crippen LogP contribution >= 0.6 is 0 Å². The molecule has 2 heteroatoms. The quantitative estimate of drug-likeness (QED) is 0.209. The molecular formula is C42H36N2. The first-order chi connectivity index (χ1) is 21.4. The van der Waals surface area contributed by atoms with Crippen LogP contribution in [-0.4, -0.2) is 0 Å². The van der Waals surface area contributed by atoms with Crippen molar-refractivity contribution in [2.75, 3.05) is 9.80 Å². The topological polar surface area (TPSA) is 6.48 Å². The minimum Gasteiger partial charge on any atom is -0.310 e. The van der Waals surface area contributed by atoms with Crippen molar-refractivity contribution in [1.29, 1.82) is 0 Å². The number of hydrogen-bond acceptors (Lipinski definition) is 2. The van der Waals surface area contributed by atoms with E-state index in [1.807, 2.05) is 0 Å². The summed E-state index contributed by atoms with van der Waals surface area (Å²) in [6.07, 6.45) is 0. The van der Waals surface area contributed by atoms with E-state index in [0.29, 0.717) is 0 Å². The first-order valence-corrected chi connectivity index (χ1v) is 15.5. The van der Waals surface area contributed by atoms with Crippen molar-refractivity contribution in [3.05, 3.63) is 168 Å². The van der Waals surface area contributed by atoms with Crippen LogP contribution in [0.15, 0.2) is 146 Å². The number of fused-ring (bicyclic) bond motifs is 4. The summed E-state index contributed by atoms with van der Waals surface area (Å²) in [5.41, 5.74) is 14.9. The van der Waals surface area contributed by atoms with Crippen molar-refractivity contribution in [3.8, 4) is 11.1 Å². The summed E-state index contributed by atoms with van der Waals surface area (Å²) >= 11 is 0. The van der Waals surface area contributed by atoms with Gasteiger partial charge in [0, 0.05) is 22.2 Å². The summed E-state index contributed by atoms with van der Waals surface area (Å²) in [6, 6.07) is 53.4. The van der Waals surface area contributed by atoms with Crippen LogP contribution < -0.4 is 9.80 Å². The number of benzene rings is 6. The van der Waals surface area contributed by atoms with Crippen LogP contribution in [0.5, 0.6) is 0 Å². The Morgan fingerprint density at radius 1 is 0.341 bits per heavy atom. The van der Waals surface area contributed by atoms with Gasteiger partial charge in [0.15, 0.2) is 0 Å². The molecule has 0 saturated heterocycles. The summed E-state index contributed by atoms with van der Waals surface area (Å²) in [4.78, 5) is 4.87. The molecule has 0 spiro atoms. The molecule has 0 amide bonds. The number of nitrogens with zero attached hydrogens (tertiary/aromatic N) is 2. The van der Waals surface area contributed by atoms with E-state index in [0.717, 1.165) is 0 Å². The zero-order chi connectivity index (χ0) is 30.1. The monoisotopic (exact) mass is 568 g/mol. The minimum absolute atomic E-state index is 0.0782. The first-order valence-electron chi connectivity index (χ1n) is 15.5. The van der Waals surface area contributed by atoms with Gasteiger partial charge >= 0.3 is 0 Å². The van der Waals surface area contributed by atoms with E-state index >= 15 is 0 Å². The summed E-state index contributed by atoms with van der Waals surface area (Å²) in [6.45, 7) is 9.34. The standard InChI is InChI=1S/C42H36N2/c1-41(2)33-19-5-9-23-37(33)43(38-24-10-6-20-34(38)41)31-17-13-15-29(27-31)30-16-14-18-32(28-30)44-39-25-11-7-21-35(39)42(3,4)36-22-8-12-26-40(36)44/h5-28H,1-4H3. The lowest BCUT2D eigenvalue weighted by Gasteiger charge is -2.42. The highest BCUT2D eigenvalue weighted by Gasteiger charge is 2.37. The molecule has 0 fully saturated rings. The number of anilines is 6. The summed E-state index contributed by atoms with van der Waals surface area (Å²) in [5.74, 6) is 0. The lowest BCUT2D eigenvalue weighted by Crippen LogP contribution is -2.30. The molecule has 6 aromatic rings. The largest absolute Gasteiger partial charge is 0.310 e. The Morgan fingerprint density at radius 3 is 0.955 bits per heavy atom. The highest BCUT2D eigenvalue weighted by Crippen LogP contribution is 2.53. The van der Waals surface area contributed by atoms with Gasteiger partial charge in [-0.3, -0.25) is 0 Å². The second-order valence-electron chi connectivity index (χ2n) is 13.1. The molecular weight excluding hydrogens is 532 g/mol. The average molecular weight is 569 g/mol. The molecule has 2 nitrogen and oxygen atoms in total. The smallest absolute Gasteiger partial charge is 0.0502 e. The highest BCUT2D eigenvalue weighted by atomic mass is 15.2. The predicted molar refractivity (Wildman–Crippen MR) is 185 cm³/mol. The molecule has 214 valence electrons. The molecule has 0 aliphatic carbocycles. The van der Waals surface area contributed by atoms with E-state index in [1.54, 1.807) is 0 Å². The van der Waals surface area contributed by atoms with Crippen molar-refractivity contribution >= 4 is 34.1 Å². The lowest BCUT2D eigenvalue weighted by atomic mass is 9.73. The van der Waals surface area contributed by atoms with Gasteiger partial charge < -0.3 is 9.80 Å². The zero-order valence-corrected chi connectivity index (χ0v) is 25.8. The lowest BCUT2D eigenvalue weighted by molar-refractivity contribution is 0.631.